The molecule has 1 saturated heterocycles. The van der Waals surface area contributed by atoms with E-state index in [1.807, 2.05) is 24.3 Å². The molecule has 0 unspecified atom stereocenters. The Morgan fingerprint density at radius 3 is 2.89 bits per heavy atom. The van der Waals surface area contributed by atoms with Crippen LogP contribution in [0, 0.1) is 0 Å². The molecule has 3 N–H and O–H groups in total. The molecule has 0 spiro atoms. The number of benzene rings is 1. The van der Waals surface area contributed by atoms with E-state index in [0.29, 0.717) is 26.1 Å². The quantitative estimate of drug-likeness (QED) is 0.830. The van der Waals surface area contributed by atoms with Crippen molar-refractivity contribution in [3.05, 3.63) is 24.3 Å². The van der Waals surface area contributed by atoms with Crippen LogP contribution in [0.3, 0.4) is 0 Å². The van der Waals surface area contributed by atoms with E-state index in [2.05, 4.69) is 12.2 Å². The van der Waals surface area contributed by atoms with Gasteiger partial charge in [0, 0.05) is 23.8 Å². The molecular formula is C14H20N2O2S. The van der Waals surface area contributed by atoms with Gasteiger partial charge in [0.2, 0.25) is 5.91 Å². The fourth-order valence-corrected chi connectivity index (χ4v) is 2.77. The fourth-order valence-electron chi connectivity index (χ4n) is 2.05. The normalized spacial score (nSPS) is 18.0. The molecule has 2 rings (SSSR count). The van der Waals surface area contributed by atoms with Gasteiger partial charge in [0.25, 0.3) is 0 Å². The van der Waals surface area contributed by atoms with Crippen LogP contribution in [-0.4, -0.2) is 30.4 Å². The van der Waals surface area contributed by atoms with Crippen molar-refractivity contribution in [3.63, 3.8) is 0 Å². The van der Waals surface area contributed by atoms with Gasteiger partial charge in [-0.1, -0.05) is 13.0 Å². The highest BCUT2D eigenvalue weighted by Crippen LogP contribution is 2.23. The van der Waals surface area contributed by atoms with E-state index in [1.165, 1.54) is 0 Å². The van der Waals surface area contributed by atoms with Crippen molar-refractivity contribution in [1.82, 2.24) is 0 Å². The Bertz CT molecular complexity index is 445. The van der Waals surface area contributed by atoms with Gasteiger partial charge in [0.15, 0.2) is 0 Å². The Morgan fingerprint density at radius 2 is 2.21 bits per heavy atom. The molecule has 1 aliphatic rings. The van der Waals surface area contributed by atoms with Gasteiger partial charge in [-0.05, 0) is 36.8 Å². The summed E-state index contributed by atoms with van der Waals surface area (Å²) in [6, 6.07) is 7.85. The number of amides is 1. The predicted molar refractivity (Wildman–Crippen MR) is 78.4 cm³/mol. The second-order valence-electron chi connectivity index (χ2n) is 4.68. The van der Waals surface area contributed by atoms with E-state index in [9.17, 15) is 4.79 Å². The first-order valence-electron chi connectivity index (χ1n) is 6.55. The first-order chi connectivity index (χ1) is 9.14. The van der Waals surface area contributed by atoms with Crippen molar-refractivity contribution >= 4 is 23.4 Å². The average molecular weight is 280 g/mol. The van der Waals surface area contributed by atoms with Crippen LogP contribution in [0.25, 0.3) is 0 Å². The maximum atomic E-state index is 12.3. The van der Waals surface area contributed by atoms with Crippen molar-refractivity contribution in [2.75, 3.05) is 24.3 Å². The Hall–Kier alpha value is -1.04. The van der Waals surface area contributed by atoms with Gasteiger partial charge in [-0.25, -0.2) is 0 Å². The van der Waals surface area contributed by atoms with E-state index in [0.717, 1.165) is 16.3 Å². The zero-order valence-corrected chi connectivity index (χ0v) is 12.0. The topological polar surface area (TPSA) is 64.4 Å². The molecule has 0 bridgehead atoms. The minimum absolute atomic E-state index is 0.116. The second-order valence-corrected chi connectivity index (χ2v) is 6.02. The third-order valence-corrected chi connectivity index (χ3v) is 4.12. The molecule has 0 radical (unpaired) electrons. The van der Waals surface area contributed by atoms with Crippen molar-refractivity contribution < 1.29 is 9.53 Å². The van der Waals surface area contributed by atoms with E-state index in [-0.39, 0.29) is 5.91 Å². The summed E-state index contributed by atoms with van der Waals surface area (Å²) in [6.45, 7) is 3.21. The standard InChI is InChI=1S/C14H20N2O2S/c1-2-19-12-5-3-4-11(10-12)16-13(17)14(15)6-8-18-9-7-14/h3-5,10H,2,6-9,15H2,1H3,(H,16,17). The van der Waals surface area contributed by atoms with Crippen molar-refractivity contribution in [2.45, 2.75) is 30.2 Å². The Kier molecular flexibility index (Phi) is 4.85. The molecule has 1 amide bonds. The summed E-state index contributed by atoms with van der Waals surface area (Å²) in [5.41, 5.74) is 6.16. The number of rotatable bonds is 4. The molecule has 5 heteroatoms. The first-order valence-corrected chi connectivity index (χ1v) is 7.53. The highest BCUT2D eigenvalue weighted by atomic mass is 32.2. The lowest BCUT2D eigenvalue weighted by molar-refractivity contribution is -0.124. The van der Waals surface area contributed by atoms with Crippen LogP contribution >= 0.6 is 11.8 Å². The first kappa shape index (κ1) is 14.4. The lowest BCUT2D eigenvalue weighted by Crippen LogP contribution is -2.54. The number of anilines is 1. The van der Waals surface area contributed by atoms with Crippen LogP contribution in [-0.2, 0) is 9.53 Å². The molecule has 1 aromatic rings. The summed E-state index contributed by atoms with van der Waals surface area (Å²) < 4.78 is 5.25. The Morgan fingerprint density at radius 1 is 1.47 bits per heavy atom. The van der Waals surface area contributed by atoms with Crippen molar-refractivity contribution in [3.8, 4) is 0 Å². The number of carbonyl (C=O) groups excluding carboxylic acids is 1. The van der Waals surface area contributed by atoms with Gasteiger partial charge in [0.1, 0.15) is 5.54 Å². The highest BCUT2D eigenvalue weighted by Gasteiger charge is 2.35. The molecule has 0 aliphatic carbocycles. The summed E-state index contributed by atoms with van der Waals surface area (Å²) in [5, 5.41) is 2.92. The molecular weight excluding hydrogens is 260 g/mol. The molecule has 1 aromatic carbocycles. The minimum Gasteiger partial charge on any atom is -0.381 e. The van der Waals surface area contributed by atoms with Gasteiger partial charge in [-0.3, -0.25) is 4.79 Å². The summed E-state index contributed by atoms with van der Waals surface area (Å²) in [6.07, 6.45) is 1.14. The van der Waals surface area contributed by atoms with Gasteiger partial charge < -0.3 is 15.8 Å². The number of ether oxygens (including phenoxy) is 1. The van der Waals surface area contributed by atoms with Crippen molar-refractivity contribution in [1.29, 1.82) is 0 Å². The van der Waals surface area contributed by atoms with Crippen molar-refractivity contribution in [2.24, 2.45) is 5.73 Å². The SMILES string of the molecule is CCSc1cccc(NC(=O)C2(N)CCOCC2)c1. The predicted octanol–water partition coefficient (Wildman–Crippen LogP) is 2.25. The maximum absolute atomic E-state index is 12.3. The Labute approximate surface area is 118 Å². The lowest BCUT2D eigenvalue weighted by Gasteiger charge is -2.31. The minimum atomic E-state index is -0.799. The summed E-state index contributed by atoms with van der Waals surface area (Å²) in [7, 11) is 0. The molecule has 19 heavy (non-hydrogen) atoms. The largest absolute Gasteiger partial charge is 0.381 e. The highest BCUT2D eigenvalue weighted by molar-refractivity contribution is 7.99. The van der Waals surface area contributed by atoms with E-state index >= 15 is 0 Å². The summed E-state index contributed by atoms with van der Waals surface area (Å²) >= 11 is 1.75. The number of carbonyl (C=O) groups is 1. The smallest absolute Gasteiger partial charge is 0.244 e. The molecule has 4 nitrogen and oxygen atoms in total. The summed E-state index contributed by atoms with van der Waals surface area (Å²) in [5.74, 6) is 0.893. The molecule has 1 heterocycles. The molecule has 1 aliphatic heterocycles. The zero-order valence-electron chi connectivity index (χ0n) is 11.1. The van der Waals surface area contributed by atoms with Gasteiger partial charge in [-0.15, -0.1) is 11.8 Å². The van der Waals surface area contributed by atoms with E-state index in [4.69, 9.17) is 10.5 Å². The van der Waals surface area contributed by atoms with Crippen LogP contribution in [0.1, 0.15) is 19.8 Å². The van der Waals surface area contributed by atoms with Crippen LogP contribution < -0.4 is 11.1 Å². The molecule has 104 valence electrons. The van der Waals surface area contributed by atoms with Crippen LogP contribution in [0.2, 0.25) is 0 Å². The van der Waals surface area contributed by atoms with Crippen LogP contribution in [0.4, 0.5) is 5.69 Å². The van der Waals surface area contributed by atoms with E-state index < -0.39 is 5.54 Å². The Balaban J connectivity index is 2.03. The van der Waals surface area contributed by atoms with Gasteiger partial charge >= 0.3 is 0 Å². The van der Waals surface area contributed by atoms with Gasteiger partial charge in [-0.2, -0.15) is 0 Å². The van der Waals surface area contributed by atoms with Crippen LogP contribution in [0.15, 0.2) is 29.2 Å². The summed E-state index contributed by atoms with van der Waals surface area (Å²) in [4.78, 5) is 13.4. The van der Waals surface area contributed by atoms with Crippen LogP contribution in [0.5, 0.6) is 0 Å². The molecule has 0 saturated carbocycles. The zero-order chi connectivity index (χ0) is 13.7. The maximum Gasteiger partial charge on any atom is 0.244 e. The molecule has 0 aromatic heterocycles. The number of hydrogen-bond acceptors (Lipinski definition) is 4. The number of nitrogens with two attached hydrogens (primary N) is 1. The number of hydrogen-bond donors (Lipinski definition) is 2. The second kappa shape index (κ2) is 6.41. The number of nitrogens with one attached hydrogen (secondary N) is 1. The third-order valence-electron chi connectivity index (χ3n) is 3.24. The average Bonchev–Trinajstić information content (AvgIpc) is 2.40. The molecule has 0 atom stereocenters. The lowest BCUT2D eigenvalue weighted by atomic mass is 9.90. The third kappa shape index (κ3) is 3.72. The van der Waals surface area contributed by atoms with E-state index in [1.54, 1.807) is 11.8 Å². The molecule has 1 fully saturated rings. The monoisotopic (exact) mass is 280 g/mol. The van der Waals surface area contributed by atoms with Gasteiger partial charge in [0.05, 0.1) is 0 Å². The fraction of sp³-hybridized carbons (Fsp3) is 0.500. The number of thioether (sulfide) groups is 1.